The molecule has 1 aromatic rings. The molecule has 1 aliphatic heterocycles. The molecule has 1 aromatic carbocycles. The summed E-state index contributed by atoms with van der Waals surface area (Å²) in [6.07, 6.45) is 5.52. The normalized spacial score (nSPS) is 21.2. The van der Waals surface area contributed by atoms with Gasteiger partial charge in [-0.05, 0) is 12.0 Å². The second-order valence-corrected chi connectivity index (χ2v) is 4.12. The quantitative estimate of drug-likeness (QED) is 0.875. The molecule has 88 valence electrons. The summed E-state index contributed by atoms with van der Waals surface area (Å²) in [6.45, 7) is 3.20. The van der Waals surface area contributed by atoms with Gasteiger partial charge >= 0.3 is 0 Å². The Bertz CT molecular complexity index is 324. The van der Waals surface area contributed by atoms with Crippen LogP contribution in [0.4, 0.5) is 0 Å². The molecule has 0 aliphatic carbocycles. The number of nitrogens with two attached hydrogens (primary N) is 1. The maximum Gasteiger partial charge on any atom is 0.0180 e. The molecule has 0 unspecified atom stereocenters. The molecule has 3 heteroatoms. The molecule has 1 saturated heterocycles. The van der Waals surface area contributed by atoms with Gasteiger partial charge in [0.1, 0.15) is 0 Å². The summed E-state index contributed by atoms with van der Waals surface area (Å²) < 4.78 is 0. The van der Waals surface area contributed by atoms with Gasteiger partial charge in [-0.2, -0.15) is 0 Å². The van der Waals surface area contributed by atoms with Crippen LogP contribution in [0.5, 0.6) is 0 Å². The van der Waals surface area contributed by atoms with E-state index in [1.165, 1.54) is 5.56 Å². The Morgan fingerprint density at radius 3 is 2.69 bits per heavy atom. The highest BCUT2D eigenvalue weighted by Gasteiger charge is 2.16. The maximum atomic E-state index is 5.84. The first-order valence-electron chi connectivity index (χ1n) is 5.54. The van der Waals surface area contributed by atoms with Crippen LogP contribution in [-0.2, 0) is 0 Å². The monoisotopic (exact) mass is 238 g/mol. The Kier molecular flexibility index (Phi) is 5.53. The van der Waals surface area contributed by atoms with Crippen LogP contribution >= 0.6 is 12.4 Å². The average molecular weight is 239 g/mol. The van der Waals surface area contributed by atoms with Crippen LogP contribution < -0.4 is 5.73 Å². The van der Waals surface area contributed by atoms with Crippen molar-refractivity contribution in [3.05, 3.63) is 42.0 Å². The van der Waals surface area contributed by atoms with Crippen LogP contribution in [0, 0.1) is 0 Å². The van der Waals surface area contributed by atoms with Crippen LogP contribution in [0.15, 0.2) is 36.4 Å². The van der Waals surface area contributed by atoms with Gasteiger partial charge in [0.05, 0.1) is 0 Å². The fourth-order valence-corrected chi connectivity index (χ4v) is 1.93. The molecule has 1 heterocycles. The molecule has 0 amide bonds. The summed E-state index contributed by atoms with van der Waals surface area (Å²) in [5.41, 5.74) is 7.11. The van der Waals surface area contributed by atoms with Crippen molar-refractivity contribution >= 4 is 18.5 Å². The van der Waals surface area contributed by atoms with Crippen LogP contribution in [0.1, 0.15) is 12.0 Å². The van der Waals surface area contributed by atoms with Crippen molar-refractivity contribution in [1.82, 2.24) is 4.90 Å². The predicted octanol–water partition coefficient (Wildman–Crippen LogP) is 2.15. The summed E-state index contributed by atoms with van der Waals surface area (Å²) in [5.74, 6) is 0. The van der Waals surface area contributed by atoms with E-state index in [9.17, 15) is 0 Å². The fraction of sp³-hybridized carbons (Fsp3) is 0.385. The van der Waals surface area contributed by atoms with Gasteiger partial charge in [-0.1, -0.05) is 42.5 Å². The minimum Gasteiger partial charge on any atom is -0.326 e. The number of halogens is 1. The molecule has 0 saturated carbocycles. The van der Waals surface area contributed by atoms with Gasteiger partial charge in [0, 0.05) is 25.7 Å². The summed E-state index contributed by atoms with van der Waals surface area (Å²) in [6, 6.07) is 10.8. The lowest BCUT2D eigenvalue weighted by Crippen LogP contribution is -2.26. The van der Waals surface area contributed by atoms with Crippen molar-refractivity contribution in [2.45, 2.75) is 12.5 Å². The molecule has 1 fully saturated rings. The molecular formula is C13H19ClN2. The molecule has 0 radical (unpaired) electrons. The van der Waals surface area contributed by atoms with Crippen LogP contribution in [0.2, 0.25) is 0 Å². The Morgan fingerprint density at radius 1 is 1.31 bits per heavy atom. The van der Waals surface area contributed by atoms with E-state index in [0.717, 1.165) is 26.1 Å². The maximum absolute atomic E-state index is 5.84. The molecule has 2 N–H and O–H groups in total. The topological polar surface area (TPSA) is 29.3 Å². The Hall–Kier alpha value is -0.830. The highest BCUT2D eigenvalue weighted by atomic mass is 35.5. The van der Waals surface area contributed by atoms with Gasteiger partial charge in [-0.25, -0.2) is 0 Å². The Labute approximate surface area is 104 Å². The first-order valence-corrected chi connectivity index (χ1v) is 5.54. The van der Waals surface area contributed by atoms with Gasteiger partial charge in [-0.15, -0.1) is 12.4 Å². The molecule has 2 nitrogen and oxygen atoms in total. The second kappa shape index (κ2) is 6.69. The lowest BCUT2D eigenvalue weighted by atomic mass is 10.2. The third-order valence-corrected chi connectivity index (χ3v) is 2.78. The zero-order valence-electron chi connectivity index (χ0n) is 9.38. The van der Waals surface area contributed by atoms with E-state index in [-0.39, 0.29) is 12.4 Å². The highest BCUT2D eigenvalue weighted by Crippen LogP contribution is 2.07. The zero-order chi connectivity index (χ0) is 10.5. The molecule has 0 aromatic heterocycles. The first kappa shape index (κ1) is 13.2. The largest absolute Gasteiger partial charge is 0.326 e. The van der Waals surface area contributed by atoms with E-state index in [1.54, 1.807) is 0 Å². The molecule has 16 heavy (non-hydrogen) atoms. The fourth-order valence-electron chi connectivity index (χ4n) is 1.93. The molecule has 2 rings (SSSR count). The number of likely N-dealkylation sites (tertiary alicyclic amines) is 1. The van der Waals surface area contributed by atoms with E-state index in [2.05, 4.69) is 41.3 Å². The minimum atomic E-state index is 0. The number of hydrogen-bond donors (Lipinski definition) is 1. The van der Waals surface area contributed by atoms with E-state index in [4.69, 9.17) is 5.73 Å². The lowest BCUT2D eigenvalue weighted by Gasteiger charge is -2.11. The van der Waals surface area contributed by atoms with Gasteiger partial charge in [0.15, 0.2) is 0 Å². The molecular weight excluding hydrogens is 220 g/mol. The van der Waals surface area contributed by atoms with E-state index in [0.29, 0.717) is 6.04 Å². The van der Waals surface area contributed by atoms with Crippen molar-refractivity contribution in [1.29, 1.82) is 0 Å². The smallest absolute Gasteiger partial charge is 0.0180 e. The standard InChI is InChI=1S/C13H18N2.ClH/c14-13-8-10-15(11-13)9-4-7-12-5-2-1-3-6-12;/h1-7,13H,8-11,14H2;1H/b7-4+;/t13-;/m1./s1. The van der Waals surface area contributed by atoms with Gasteiger partial charge in [-0.3, -0.25) is 4.90 Å². The van der Waals surface area contributed by atoms with Gasteiger partial charge in [0.2, 0.25) is 0 Å². The summed E-state index contributed by atoms with van der Waals surface area (Å²) >= 11 is 0. The van der Waals surface area contributed by atoms with Crippen molar-refractivity contribution in [2.24, 2.45) is 5.73 Å². The first-order chi connectivity index (χ1) is 7.34. The zero-order valence-corrected chi connectivity index (χ0v) is 10.2. The second-order valence-electron chi connectivity index (χ2n) is 4.12. The number of rotatable bonds is 3. The number of hydrogen-bond acceptors (Lipinski definition) is 2. The van der Waals surface area contributed by atoms with Gasteiger partial charge < -0.3 is 5.73 Å². The summed E-state index contributed by atoms with van der Waals surface area (Å²) in [5, 5.41) is 0. The Morgan fingerprint density at radius 2 is 2.06 bits per heavy atom. The SMILES string of the molecule is Cl.N[C@@H]1CCN(C/C=C/c2ccccc2)C1. The lowest BCUT2D eigenvalue weighted by molar-refractivity contribution is 0.372. The molecule has 1 aliphatic rings. The summed E-state index contributed by atoms with van der Waals surface area (Å²) in [7, 11) is 0. The van der Waals surface area contributed by atoms with E-state index >= 15 is 0 Å². The Balaban J connectivity index is 0.00000128. The van der Waals surface area contributed by atoms with Crippen LogP contribution in [0.25, 0.3) is 6.08 Å². The molecule has 1 atom stereocenters. The molecule has 0 bridgehead atoms. The van der Waals surface area contributed by atoms with Crippen molar-refractivity contribution in [2.75, 3.05) is 19.6 Å². The van der Waals surface area contributed by atoms with Crippen LogP contribution in [0.3, 0.4) is 0 Å². The van der Waals surface area contributed by atoms with Crippen molar-refractivity contribution < 1.29 is 0 Å². The van der Waals surface area contributed by atoms with E-state index in [1.807, 2.05) is 6.07 Å². The van der Waals surface area contributed by atoms with Crippen molar-refractivity contribution in [3.63, 3.8) is 0 Å². The minimum absolute atomic E-state index is 0. The third kappa shape index (κ3) is 3.97. The predicted molar refractivity (Wildman–Crippen MR) is 71.8 cm³/mol. The van der Waals surface area contributed by atoms with Crippen LogP contribution in [-0.4, -0.2) is 30.6 Å². The summed E-state index contributed by atoms with van der Waals surface area (Å²) in [4.78, 5) is 2.39. The highest BCUT2D eigenvalue weighted by molar-refractivity contribution is 5.85. The number of benzene rings is 1. The number of nitrogens with zero attached hydrogens (tertiary/aromatic N) is 1. The van der Waals surface area contributed by atoms with E-state index < -0.39 is 0 Å². The third-order valence-electron chi connectivity index (χ3n) is 2.78. The average Bonchev–Trinajstić information content (AvgIpc) is 2.66. The molecule has 0 spiro atoms. The van der Waals surface area contributed by atoms with Gasteiger partial charge in [0.25, 0.3) is 0 Å². The van der Waals surface area contributed by atoms with Crippen molar-refractivity contribution in [3.8, 4) is 0 Å².